The molecule has 1 aliphatic carbocycles. The van der Waals surface area contributed by atoms with Crippen LogP contribution in [0.25, 0.3) is 0 Å². The Morgan fingerprint density at radius 1 is 1.12 bits per heavy atom. The number of hydrogen-bond donors (Lipinski definition) is 1. The van der Waals surface area contributed by atoms with Crippen LogP contribution in [0.4, 0.5) is 0 Å². The van der Waals surface area contributed by atoms with E-state index in [9.17, 15) is 0 Å². The van der Waals surface area contributed by atoms with Crippen LogP contribution >= 0.6 is 0 Å². The van der Waals surface area contributed by atoms with Gasteiger partial charge in [-0.2, -0.15) is 0 Å². The molecule has 0 aromatic heterocycles. The SMILES string of the molecule is Cc1ccc(C(C)(C)C)cc1C1(N)CCCC1. The van der Waals surface area contributed by atoms with Crippen LogP contribution < -0.4 is 5.73 Å². The van der Waals surface area contributed by atoms with Gasteiger partial charge >= 0.3 is 0 Å². The normalized spacial score (nSPS) is 19.6. The summed E-state index contributed by atoms with van der Waals surface area (Å²) >= 11 is 0. The van der Waals surface area contributed by atoms with E-state index in [2.05, 4.69) is 45.9 Å². The summed E-state index contributed by atoms with van der Waals surface area (Å²) in [6, 6.07) is 6.83. The maximum absolute atomic E-state index is 6.59. The molecule has 17 heavy (non-hydrogen) atoms. The van der Waals surface area contributed by atoms with Gasteiger partial charge in [-0.3, -0.25) is 0 Å². The Labute approximate surface area is 105 Å². The molecule has 1 aromatic rings. The molecule has 0 radical (unpaired) electrons. The third kappa shape index (κ3) is 2.40. The van der Waals surface area contributed by atoms with E-state index in [1.807, 2.05) is 0 Å². The summed E-state index contributed by atoms with van der Waals surface area (Å²) in [5.74, 6) is 0. The molecule has 1 aliphatic rings. The van der Waals surface area contributed by atoms with Gasteiger partial charge in [0.15, 0.2) is 0 Å². The zero-order valence-electron chi connectivity index (χ0n) is 11.6. The van der Waals surface area contributed by atoms with Gasteiger partial charge in [0.05, 0.1) is 0 Å². The summed E-state index contributed by atoms with van der Waals surface area (Å²) in [7, 11) is 0. The molecule has 0 spiro atoms. The van der Waals surface area contributed by atoms with Crippen LogP contribution in [0.3, 0.4) is 0 Å². The van der Waals surface area contributed by atoms with E-state index in [1.165, 1.54) is 29.5 Å². The lowest BCUT2D eigenvalue weighted by Crippen LogP contribution is -2.34. The van der Waals surface area contributed by atoms with Gasteiger partial charge in [0.25, 0.3) is 0 Å². The average Bonchev–Trinajstić information content (AvgIpc) is 2.65. The van der Waals surface area contributed by atoms with E-state index in [4.69, 9.17) is 5.73 Å². The van der Waals surface area contributed by atoms with Crippen molar-refractivity contribution >= 4 is 0 Å². The van der Waals surface area contributed by atoms with Crippen molar-refractivity contribution < 1.29 is 0 Å². The lowest BCUT2D eigenvalue weighted by atomic mass is 9.80. The fraction of sp³-hybridized carbons (Fsp3) is 0.625. The fourth-order valence-corrected chi connectivity index (χ4v) is 2.90. The van der Waals surface area contributed by atoms with Crippen molar-refractivity contribution in [3.05, 3.63) is 34.9 Å². The lowest BCUT2D eigenvalue weighted by Gasteiger charge is -2.29. The van der Waals surface area contributed by atoms with Crippen LogP contribution in [0.15, 0.2) is 18.2 Å². The molecule has 1 heteroatoms. The highest BCUT2D eigenvalue weighted by Gasteiger charge is 2.33. The first-order valence-electron chi connectivity index (χ1n) is 6.73. The monoisotopic (exact) mass is 231 g/mol. The predicted octanol–water partition coefficient (Wildman–Crippen LogP) is 4.02. The Hall–Kier alpha value is -0.820. The molecule has 0 saturated heterocycles. The number of benzene rings is 1. The van der Waals surface area contributed by atoms with Crippen molar-refractivity contribution in [3.8, 4) is 0 Å². The van der Waals surface area contributed by atoms with Gasteiger partial charge in [-0.15, -0.1) is 0 Å². The van der Waals surface area contributed by atoms with E-state index in [0.29, 0.717) is 0 Å². The van der Waals surface area contributed by atoms with Gasteiger partial charge in [0.2, 0.25) is 0 Å². The molecule has 1 aromatic carbocycles. The first kappa shape index (κ1) is 12.6. The minimum Gasteiger partial charge on any atom is -0.321 e. The maximum atomic E-state index is 6.59. The van der Waals surface area contributed by atoms with Crippen LogP contribution in [0.1, 0.15) is 63.1 Å². The molecule has 0 bridgehead atoms. The summed E-state index contributed by atoms with van der Waals surface area (Å²) < 4.78 is 0. The Morgan fingerprint density at radius 2 is 1.71 bits per heavy atom. The van der Waals surface area contributed by atoms with Gasteiger partial charge < -0.3 is 5.73 Å². The molecule has 0 atom stereocenters. The summed E-state index contributed by atoms with van der Waals surface area (Å²) in [6.07, 6.45) is 4.83. The number of aryl methyl sites for hydroxylation is 1. The summed E-state index contributed by atoms with van der Waals surface area (Å²) in [5, 5.41) is 0. The van der Waals surface area contributed by atoms with Gasteiger partial charge in [0, 0.05) is 5.54 Å². The number of nitrogens with two attached hydrogens (primary N) is 1. The largest absolute Gasteiger partial charge is 0.321 e. The van der Waals surface area contributed by atoms with Crippen molar-refractivity contribution in [1.29, 1.82) is 0 Å². The molecule has 2 N–H and O–H groups in total. The Bertz CT molecular complexity index is 406. The van der Waals surface area contributed by atoms with Crippen LogP contribution in [-0.4, -0.2) is 0 Å². The molecule has 94 valence electrons. The molecule has 1 fully saturated rings. The number of rotatable bonds is 1. The molecule has 2 rings (SSSR count). The fourth-order valence-electron chi connectivity index (χ4n) is 2.90. The molecule has 0 unspecified atom stereocenters. The standard InChI is InChI=1S/C16H25N/c1-12-7-8-13(15(2,3)4)11-14(12)16(17)9-5-6-10-16/h7-8,11H,5-6,9-10,17H2,1-4H3. The van der Waals surface area contributed by atoms with Gasteiger partial charge in [-0.25, -0.2) is 0 Å². The first-order chi connectivity index (χ1) is 7.83. The molecule has 1 nitrogen and oxygen atoms in total. The van der Waals surface area contributed by atoms with Crippen LogP contribution in [-0.2, 0) is 11.0 Å². The highest BCUT2D eigenvalue weighted by atomic mass is 14.8. The quantitative estimate of drug-likeness (QED) is 0.776. The van der Waals surface area contributed by atoms with Crippen molar-refractivity contribution in [2.75, 3.05) is 0 Å². The van der Waals surface area contributed by atoms with Crippen molar-refractivity contribution in [2.24, 2.45) is 5.73 Å². The Morgan fingerprint density at radius 3 is 2.24 bits per heavy atom. The minimum atomic E-state index is -0.0641. The van der Waals surface area contributed by atoms with E-state index in [0.717, 1.165) is 12.8 Å². The molecule has 0 heterocycles. The molecule has 0 aliphatic heterocycles. The Kier molecular flexibility index (Phi) is 3.07. The molecule has 0 amide bonds. The zero-order chi connectivity index (χ0) is 12.7. The van der Waals surface area contributed by atoms with Gasteiger partial charge in [-0.05, 0) is 41.9 Å². The van der Waals surface area contributed by atoms with Gasteiger partial charge in [0.1, 0.15) is 0 Å². The second kappa shape index (κ2) is 4.13. The van der Waals surface area contributed by atoms with Crippen molar-refractivity contribution in [3.63, 3.8) is 0 Å². The van der Waals surface area contributed by atoms with Crippen LogP contribution in [0.5, 0.6) is 0 Å². The summed E-state index contributed by atoms with van der Waals surface area (Å²) in [4.78, 5) is 0. The first-order valence-corrected chi connectivity index (χ1v) is 6.73. The van der Waals surface area contributed by atoms with Crippen molar-refractivity contribution in [2.45, 2.75) is 64.3 Å². The number of hydrogen-bond acceptors (Lipinski definition) is 1. The second-order valence-corrected chi connectivity index (χ2v) is 6.64. The highest BCUT2D eigenvalue weighted by molar-refractivity contribution is 5.39. The maximum Gasteiger partial charge on any atom is 0.0412 e. The second-order valence-electron chi connectivity index (χ2n) is 6.64. The topological polar surface area (TPSA) is 26.0 Å². The summed E-state index contributed by atoms with van der Waals surface area (Å²) in [6.45, 7) is 8.98. The van der Waals surface area contributed by atoms with Crippen molar-refractivity contribution in [1.82, 2.24) is 0 Å². The lowest BCUT2D eigenvalue weighted by molar-refractivity contribution is 0.456. The Balaban J connectivity index is 2.46. The van der Waals surface area contributed by atoms with E-state index in [1.54, 1.807) is 0 Å². The van der Waals surface area contributed by atoms with E-state index >= 15 is 0 Å². The molecular weight excluding hydrogens is 206 g/mol. The molecule has 1 saturated carbocycles. The van der Waals surface area contributed by atoms with Crippen LogP contribution in [0, 0.1) is 6.92 Å². The highest BCUT2D eigenvalue weighted by Crippen LogP contribution is 2.39. The van der Waals surface area contributed by atoms with Gasteiger partial charge in [-0.1, -0.05) is 51.8 Å². The summed E-state index contributed by atoms with van der Waals surface area (Å²) in [5.41, 5.74) is 10.9. The predicted molar refractivity (Wildman–Crippen MR) is 74.2 cm³/mol. The molecular formula is C16H25N. The minimum absolute atomic E-state index is 0.0641. The van der Waals surface area contributed by atoms with E-state index in [-0.39, 0.29) is 11.0 Å². The smallest absolute Gasteiger partial charge is 0.0412 e. The van der Waals surface area contributed by atoms with Crippen LogP contribution in [0.2, 0.25) is 0 Å². The zero-order valence-corrected chi connectivity index (χ0v) is 11.6. The van der Waals surface area contributed by atoms with E-state index < -0.39 is 0 Å². The average molecular weight is 231 g/mol. The third-order valence-electron chi connectivity index (χ3n) is 4.14. The third-order valence-corrected chi connectivity index (χ3v) is 4.14.